The molecular weight excluding hydrogens is 118 g/mol. The Hall–Kier alpha value is 0.394. The molecule has 0 saturated carbocycles. The Labute approximate surface area is 52.0 Å². The molecule has 0 amide bonds. The summed E-state index contributed by atoms with van der Waals surface area (Å²) < 4.78 is 2.48. The van der Waals surface area contributed by atoms with E-state index in [1.54, 1.807) is 0 Å². The molecule has 0 spiro atoms. The van der Waals surface area contributed by atoms with Crippen LogP contribution in [0.5, 0.6) is 0 Å². The van der Waals surface area contributed by atoms with Crippen LogP contribution >= 0.6 is 0 Å². The molecule has 1 nitrogen and oxygen atoms in total. The SMILES string of the molecule is CCN([SiH3])CC[SiH3]. The highest BCUT2D eigenvalue weighted by Gasteiger charge is 1.86. The van der Waals surface area contributed by atoms with Gasteiger partial charge in [0.05, 0.1) is 10.4 Å². The maximum Gasteiger partial charge on any atom is 0.0784 e. The molecule has 0 N–H and O–H groups in total. The lowest BCUT2D eigenvalue weighted by atomic mass is 10.7. The zero-order chi connectivity index (χ0) is 5.70. The van der Waals surface area contributed by atoms with Crippen molar-refractivity contribution in [1.29, 1.82) is 0 Å². The van der Waals surface area contributed by atoms with E-state index in [-0.39, 0.29) is 0 Å². The van der Waals surface area contributed by atoms with Crippen molar-refractivity contribution in [2.24, 2.45) is 0 Å². The zero-order valence-electron chi connectivity index (χ0n) is 5.57. The van der Waals surface area contributed by atoms with Crippen LogP contribution in [0.4, 0.5) is 0 Å². The van der Waals surface area contributed by atoms with Crippen LogP contribution in [-0.4, -0.2) is 38.3 Å². The molecule has 0 rings (SSSR count). The van der Waals surface area contributed by atoms with E-state index in [2.05, 4.69) is 11.5 Å². The second-order valence-corrected chi connectivity index (χ2v) is 4.16. The largest absolute Gasteiger partial charge is 0.333 e. The first-order chi connectivity index (χ1) is 3.31. The molecule has 44 valence electrons. The summed E-state index contributed by atoms with van der Waals surface area (Å²) in [6, 6.07) is 1.44. The lowest BCUT2D eigenvalue weighted by molar-refractivity contribution is 0.505. The minimum Gasteiger partial charge on any atom is -0.333 e. The fourth-order valence-electron chi connectivity index (χ4n) is 0.540. The Kier molecular flexibility index (Phi) is 4.81. The Morgan fingerprint density at radius 1 is 1.57 bits per heavy atom. The van der Waals surface area contributed by atoms with E-state index in [9.17, 15) is 0 Å². The molecule has 0 unspecified atom stereocenters. The number of nitrogens with zero attached hydrogens (tertiary/aromatic N) is 1. The maximum absolute atomic E-state index is 2.48. The third-order valence-corrected chi connectivity index (χ3v) is 2.67. The molecule has 0 aliphatic rings. The fraction of sp³-hybridized carbons (Fsp3) is 1.00. The molecule has 0 radical (unpaired) electrons. The van der Waals surface area contributed by atoms with Crippen LogP contribution in [0.25, 0.3) is 0 Å². The first-order valence-corrected chi connectivity index (χ1v) is 5.30. The second kappa shape index (κ2) is 4.55. The summed E-state index contributed by atoms with van der Waals surface area (Å²) in [5.41, 5.74) is 0. The highest BCUT2D eigenvalue weighted by Crippen LogP contribution is 1.79. The molecule has 0 aromatic heterocycles. The van der Waals surface area contributed by atoms with E-state index >= 15 is 0 Å². The predicted molar refractivity (Wildman–Crippen MR) is 41.9 cm³/mol. The summed E-state index contributed by atoms with van der Waals surface area (Å²) in [6.45, 7) is 4.84. The molecule has 0 aliphatic heterocycles. The smallest absolute Gasteiger partial charge is 0.0784 e. The number of hydrogen-bond acceptors (Lipinski definition) is 1. The summed E-state index contributed by atoms with van der Waals surface area (Å²) >= 11 is 0. The van der Waals surface area contributed by atoms with Gasteiger partial charge in [0, 0.05) is 10.2 Å². The normalized spacial score (nSPS) is 11.1. The van der Waals surface area contributed by atoms with Gasteiger partial charge in [-0.05, 0) is 13.1 Å². The van der Waals surface area contributed by atoms with Crippen molar-refractivity contribution in [3.05, 3.63) is 0 Å². The Morgan fingerprint density at radius 3 is 2.29 bits per heavy atom. The highest BCUT2D eigenvalue weighted by molar-refractivity contribution is 6.09. The van der Waals surface area contributed by atoms with Crippen molar-refractivity contribution in [1.82, 2.24) is 4.57 Å². The van der Waals surface area contributed by atoms with Crippen LogP contribution < -0.4 is 0 Å². The van der Waals surface area contributed by atoms with Crippen molar-refractivity contribution in [2.45, 2.75) is 13.0 Å². The molecular formula is C4H15NSi2. The molecule has 0 aromatic carbocycles. The molecule has 7 heavy (non-hydrogen) atoms. The standard InChI is InChI=1S/C4H15NSi2/c1-2-5(7)3-4-6/h2-4H2,1,6-7H3. The van der Waals surface area contributed by atoms with E-state index in [0.29, 0.717) is 0 Å². The van der Waals surface area contributed by atoms with Gasteiger partial charge >= 0.3 is 0 Å². The Balaban J connectivity index is 2.83. The highest BCUT2D eigenvalue weighted by atomic mass is 28.2. The Morgan fingerprint density at radius 2 is 2.14 bits per heavy atom. The lowest BCUT2D eigenvalue weighted by Gasteiger charge is -2.10. The molecule has 0 atom stereocenters. The first kappa shape index (κ1) is 7.39. The van der Waals surface area contributed by atoms with Gasteiger partial charge in [-0.25, -0.2) is 0 Å². The van der Waals surface area contributed by atoms with Crippen LogP contribution in [0.2, 0.25) is 6.04 Å². The minimum atomic E-state index is 1.26. The van der Waals surface area contributed by atoms with Crippen molar-refractivity contribution < 1.29 is 0 Å². The zero-order valence-corrected chi connectivity index (χ0v) is 9.57. The molecule has 3 heteroatoms. The summed E-state index contributed by atoms with van der Waals surface area (Å²) in [5, 5.41) is 0. The quantitative estimate of drug-likeness (QED) is 0.418. The Bertz CT molecular complexity index is 40.7. The summed E-state index contributed by atoms with van der Waals surface area (Å²) in [6.07, 6.45) is 0. The van der Waals surface area contributed by atoms with Crippen molar-refractivity contribution >= 4 is 20.6 Å². The van der Waals surface area contributed by atoms with Gasteiger partial charge in [0.1, 0.15) is 0 Å². The van der Waals surface area contributed by atoms with Crippen LogP contribution in [0.3, 0.4) is 0 Å². The van der Waals surface area contributed by atoms with E-state index in [0.717, 1.165) is 0 Å². The van der Waals surface area contributed by atoms with Gasteiger partial charge in [0.2, 0.25) is 0 Å². The fourth-order valence-corrected chi connectivity index (χ4v) is 2.64. The monoisotopic (exact) mass is 133 g/mol. The number of hydrogen-bond donors (Lipinski definition) is 0. The number of rotatable bonds is 3. The molecule has 0 bridgehead atoms. The van der Waals surface area contributed by atoms with Gasteiger partial charge in [0.25, 0.3) is 0 Å². The summed E-state index contributed by atoms with van der Waals surface area (Å²) in [7, 11) is 2.63. The molecule has 0 fully saturated rings. The summed E-state index contributed by atoms with van der Waals surface area (Å²) in [4.78, 5) is 0. The van der Waals surface area contributed by atoms with E-state index in [1.807, 2.05) is 0 Å². The average Bonchev–Trinajstić information content (AvgIpc) is 1.68. The van der Waals surface area contributed by atoms with Gasteiger partial charge in [-0.1, -0.05) is 13.0 Å². The third-order valence-electron chi connectivity index (χ3n) is 1.15. The van der Waals surface area contributed by atoms with Crippen molar-refractivity contribution in [2.75, 3.05) is 13.1 Å². The van der Waals surface area contributed by atoms with Crippen LogP contribution in [-0.2, 0) is 0 Å². The van der Waals surface area contributed by atoms with Crippen LogP contribution in [0.1, 0.15) is 6.92 Å². The van der Waals surface area contributed by atoms with Gasteiger partial charge in [-0.15, -0.1) is 0 Å². The molecule has 0 aliphatic carbocycles. The van der Waals surface area contributed by atoms with E-state index in [1.165, 1.54) is 39.8 Å². The van der Waals surface area contributed by atoms with Crippen molar-refractivity contribution in [3.8, 4) is 0 Å². The molecule has 0 saturated heterocycles. The second-order valence-electron chi connectivity index (χ2n) is 1.90. The van der Waals surface area contributed by atoms with E-state index < -0.39 is 0 Å². The average molecular weight is 133 g/mol. The molecule has 0 aromatic rings. The maximum atomic E-state index is 2.48. The van der Waals surface area contributed by atoms with Gasteiger partial charge in [-0.2, -0.15) is 0 Å². The summed E-state index contributed by atoms with van der Waals surface area (Å²) in [5.74, 6) is 0. The molecule has 0 heterocycles. The topological polar surface area (TPSA) is 3.24 Å². The first-order valence-electron chi connectivity index (χ1n) is 2.99. The van der Waals surface area contributed by atoms with Gasteiger partial charge in [0.15, 0.2) is 0 Å². The van der Waals surface area contributed by atoms with E-state index in [4.69, 9.17) is 0 Å². The third kappa shape index (κ3) is 4.24. The van der Waals surface area contributed by atoms with Gasteiger partial charge in [-0.3, -0.25) is 0 Å². The predicted octanol–water partition coefficient (Wildman–Crippen LogP) is -1.63. The van der Waals surface area contributed by atoms with Gasteiger partial charge < -0.3 is 4.57 Å². The van der Waals surface area contributed by atoms with Crippen LogP contribution in [0, 0.1) is 0 Å². The van der Waals surface area contributed by atoms with Crippen LogP contribution in [0.15, 0.2) is 0 Å². The van der Waals surface area contributed by atoms with Crippen molar-refractivity contribution in [3.63, 3.8) is 0 Å². The minimum absolute atomic E-state index is 1.26. The lowest BCUT2D eigenvalue weighted by Crippen LogP contribution is -2.19.